The Morgan fingerprint density at radius 2 is 1.87 bits per heavy atom. The number of anilines is 3. The fourth-order valence-electron chi connectivity index (χ4n) is 1.84. The minimum atomic E-state index is -0.297. The Morgan fingerprint density at radius 3 is 2.52 bits per heavy atom. The van der Waals surface area contributed by atoms with Crippen molar-refractivity contribution >= 4 is 23.6 Å². The summed E-state index contributed by atoms with van der Waals surface area (Å²) >= 11 is 0. The fourth-order valence-corrected chi connectivity index (χ4v) is 1.84. The van der Waals surface area contributed by atoms with Crippen molar-refractivity contribution in [1.82, 2.24) is 15.0 Å². The summed E-state index contributed by atoms with van der Waals surface area (Å²) in [5.41, 5.74) is 6.38. The van der Waals surface area contributed by atoms with Gasteiger partial charge in [-0.15, -0.1) is 0 Å². The lowest BCUT2D eigenvalue weighted by Crippen LogP contribution is -2.16. The third-order valence-corrected chi connectivity index (χ3v) is 2.77. The van der Waals surface area contributed by atoms with E-state index in [-0.39, 0.29) is 23.9 Å². The molecule has 0 saturated carbocycles. The largest absolute Gasteiger partial charge is 0.457 e. The molecule has 23 heavy (non-hydrogen) atoms. The SMILES string of the molecule is CC(C)(C)CC(=O)OCc1nc(N)nc(Nc2ccccc2)n1. The number of hydrogen-bond donors (Lipinski definition) is 2. The zero-order valence-electron chi connectivity index (χ0n) is 13.5. The van der Waals surface area contributed by atoms with Crippen LogP contribution in [0.1, 0.15) is 33.0 Å². The second-order valence-electron chi connectivity index (χ2n) is 6.32. The molecule has 0 unspecified atom stereocenters. The Hall–Kier alpha value is -2.70. The van der Waals surface area contributed by atoms with Gasteiger partial charge >= 0.3 is 5.97 Å². The number of nitrogens with zero attached hydrogens (tertiary/aromatic N) is 3. The van der Waals surface area contributed by atoms with Crippen molar-refractivity contribution in [3.63, 3.8) is 0 Å². The number of ether oxygens (including phenoxy) is 1. The molecule has 0 radical (unpaired) electrons. The quantitative estimate of drug-likeness (QED) is 0.817. The van der Waals surface area contributed by atoms with Gasteiger partial charge in [0, 0.05) is 5.69 Å². The zero-order chi connectivity index (χ0) is 16.9. The molecule has 0 aliphatic heterocycles. The van der Waals surface area contributed by atoms with Gasteiger partial charge in [-0.05, 0) is 17.5 Å². The highest BCUT2D eigenvalue weighted by Crippen LogP contribution is 2.19. The lowest BCUT2D eigenvalue weighted by atomic mass is 9.93. The van der Waals surface area contributed by atoms with Gasteiger partial charge in [-0.1, -0.05) is 39.0 Å². The highest BCUT2D eigenvalue weighted by atomic mass is 16.5. The van der Waals surface area contributed by atoms with Gasteiger partial charge in [-0.25, -0.2) is 0 Å². The van der Waals surface area contributed by atoms with Crippen molar-refractivity contribution < 1.29 is 9.53 Å². The van der Waals surface area contributed by atoms with E-state index in [1.54, 1.807) is 0 Å². The molecule has 3 N–H and O–H groups in total. The Labute approximate surface area is 135 Å². The predicted octanol–water partition coefficient (Wildman–Crippen LogP) is 2.68. The van der Waals surface area contributed by atoms with Crippen molar-refractivity contribution in [3.05, 3.63) is 36.2 Å². The molecule has 2 aromatic rings. The zero-order valence-corrected chi connectivity index (χ0v) is 13.5. The normalized spacial score (nSPS) is 11.1. The average Bonchev–Trinajstić information content (AvgIpc) is 2.44. The summed E-state index contributed by atoms with van der Waals surface area (Å²) < 4.78 is 5.19. The maximum atomic E-state index is 11.8. The number of hydrogen-bond acceptors (Lipinski definition) is 7. The molecular formula is C16H21N5O2. The number of rotatable bonds is 5. The number of carbonyl (C=O) groups is 1. The van der Waals surface area contributed by atoms with Crippen LogP contribution in [0, 0.1) is 5.41 Å². The van der Waals surface area contributed by atoms with Gasteiger partial charge < -0.3 is 15.8 Å². The number of carbonyl (C=O) groups excluding carboxylic acids is 1. The highest BCUT2D eigenvalue weighted by Gasteiger charge is 2.17. The summed E-state index contributed by atoms with van der Waals surface area (Å²) in [5, 5.41) is 3.03. The molecule has 0 atom stereocenters. The van der Waals surface area contributed by atoms with Gasteiger partial charge in [0.1, 0.15) is 0 Å². The Bertz CT molecular complexity index is 668. The Morgan fingerprint density at radius 1 is 1.17 bits per heavy atom. The van der Waals surface area contributed by atoms with E-state index in [0.717, 1.165) is 5.69 Å². The maximum Gasteiger partial charge on any atom is 0.306 e. The number of esters is 1. The summed E-state index contributed by atoms with van der Waals surface area (Å²) in [6, 6.07) is 9.45. The molecule has 0 spiro atoms. The molecule has 1 aromatic carbocycles. The topological polar surface area (TPSA) is 103 Å². The van der Waals surface area contributed by atoms with Crippen molar-refractivity contribution in [2.24, 2.45) is 5.41 Å². The number of nitrogens with one attached hydrogen (secondary N) is 1. The molecule has 2 rings (SSSR count). The van der Waals surface area contributed by atoms with Crippen molar-refractivity contribution in [2.45, 2.75) is 33.8 Å². The minimum Gasteiger partial charge on any atom is -0.457 e. The molecule has 0 fully saturated rings. The molecule has 1 heterocycles. The van der Waals surface area contributed by atoms with E-state index in [4.69, 9.17) is 10.5 Å². The number of para-hydroxylation sites is 1. The standard InChI is InChI=1S/C16H21N5O2/c1-16(2,3)9-13(22)23-10-12-19-14(17)21-15(20-12)18-11-7-5-4-6-8-11/h4-8H,9-10H2,1-3H3,(H3,17,18,19,20,21). The van der Waals surface area contributed by atoms with E-state index >= 15 is 0 Å². The lowest BCUT2D eigenvalue weighted by Gasteiger charge is -2.16. The summed E-state index contributed by atoms with van der Waals surface area (Å²) in [6.45, 7) is 5.87. The van der Waals surface area contributed by atoms with Gasteiger partial charge in [0.2, 0.25) is 11.9 Å². The fraction of sp³-hybridized carbons (Fsp3) is 0.375. The van der Waals surface area contributed by atoms with E-state index in [9.17, 15) is 4.79 Å². The number of aromatic nitrogens is 3. The molecular weight excluding hydrogens is 294 g/mol. The molecule has 0 saturated heterocycles. The van der Waals surface area contributed by atoms with Gasteiger partial charge in [-0.3, -0.25) is 4.79 Å². The first-order valence-electron chi connectivity index (χ1n) is 7.30. The van der Waals surface area contributed by atoms with E-state index in [2.05, 4.69) is 20.3 Å². The van der Waals surface area contributed by atoms with Gasteiger partial charge in [-0.2, -0.15) is 15.0 Å². The summed E-state index contributed by atoms with van der Waals surface area (Å²) in [5.74, 6) is 0.387. The van der Waals surface area contributed by atoms with E-state index in [0.29, 0.717) is 18.2 Å². The Kier molecular flexibility index (Phi) is 5.10. The molecule has 0 aliphatic carbocycles. The lowest BCUT2D eigenvalue weighted by molar-refractivity contribution is -0.147. The molecule has 0 aliphatic rings. The summed E-state index contributed by atoms with van der Waals surface area (Å²) in [4.78, 5) is 24.0. The van der Waals surface area contributed by atoms with Crippen LogP contribution >= 0.6 is 0 Å². The number of nitrogen functional groups attached to an aromatic ring is 1. The second kappa shape index (κ2) is 7.04. The smallest absolute Gasteiger partial charge is 0.306 e. The number of benzene rings is 1. The first kappa shape index (κ1) is 16.7. The van der Waals surface area contributed by atoms with Gasteiger partial charge in [0.15, 0.2) is 12.4 Å². The van der Waals surface area contributed by atoms with Gasteiger partial charge in [0.25, 0.3) is 0 Å². The number of nitrogens with two attached hydrogens (primary N) is 1. The summed E-state index contributed by atoms with van der Waals surface area (Å²) in [6.07, 6.45) is 0.322. The van der Waals surface area contributed by atoms with Crippen LogP contribution in [0.3, 0.4) is 0 Å². The average molecular weight is 315 g/mol. The summed E-state index contributed by atoms with van der Waals surface area (Å²) in [7, 11) is 0. The van der Waals surface area contributed by atoms with Crippen LogP contribution in [-0.4, -0.2) is 20.9 Å². The van der Waals surface area contributed by atoms with Crippen molar-refractivity contribution in [2.75, 3.05) is 11.1 Å². The van der Waals surface area contributed by atoms with Crippen LogP contribution in [0.4, 0.5) is 17.6 Å². The van der Waals surface area contributed by atoms with Crippen LogP contribution < -0.4 is 11.1 Å². The Balaban J connectivity index is 2.01. The van der Waals surface area contributed by atoms with Crippen molar-refractivity contribution in [1.29, 1.82) is 0 Å². The van der Waals surface area contributed by atoms with Crippen molar-refractivity contribution in [3.8, 4) is 0 Å². The third-order valence-electron chi connectivity index (χ3n) is 2.77. The molecule has 0 bridgehead atoms. The maximum absolute atomic E-state index is 11.8. The van der Waals surface area contributed by atoms with E-state index < -0.39 is 0 Å². The van der Waals surface area contributed by atoms with E-state index in [1.165, 1.54) is 0 Å². The molecule has 1 aromatic heterocycles. The van der Waals surface area contributed by atoms with Crippen LogP contribution in [0.25, 0.3) is 0 Å². The van der Waals surface area contributed by atoms with Crippen LogP contribution in [0.5, 0.6) is 0 Å². The first-order valence-corrected chi connectivity index (χ1v) is 7.30. The van der Waals surface area contributed by atoms with Gasteiger partial charge in [0.05, 0.1) is 6.42 Å². The first-order chi connectivity index (χ1) is 10.8. The van der Waals surface area contributed by atoms with Crippen LogP contribution in [0.15, 0.2) is 30.3 Å². The molecule has 122 valence electrons. The predicted molar refractivity (Wildman–Crippen MR) is 87.8 cm³/mol. The van der Waals surface area contributed by atoms with Crippen LogP contribution in [-0.2, 0) is 16.1 Å². The molecule has 0 amide bonds. The van der Waals surface area contributed by atoms with Crippen LogP contribution in [0.2, 0.25) is 0 Å². The third kappa shape index (κ3) is 5.90. The second-order valence-corrected chi connectivity index (χ2v) is 6.32. The minimum absolute atomic E-state index is 0.0366. The monoisotopic (exact) mass is 315 g/mol. The van der Waals surface area contributed by atoms with E-state index in [1.807, 2.05) is 51.1 Å². The molecule has 7 heteroatoms. The molecule has 7 nitrogen and oxygen atoms in total. The highest BCUT2D eigenvalue weighted by molar-refractivity contribution is 5.70.